The molecule has 2 aromatic carbocycles. The molecule has 2 aromatic heterocycles. The molecule has 0 aliphatic rings. The average molecular weight is 420 g/mol. The summed E-state index contributed by atoms with van der Waals surface area (Å²) in [6, 6.07) is 15.9. The van der Waals surface area contributed by atoms with E-state index >= 15 is 0 Å². The third-order valence-corrected chi connectivity index (χ3v) is 5.70. The molecule has 0 atom stereocenters. The van der Waals surface area contributed by atoms with E-state index in [1.807, 2.05) is 56.3 Å². The summed E-state index contributed by atoms with van der Waals surface area (Å²) in [7, 11) is 0. The van der Waals surface area contributed by atoms with E-state index in [2.05, 4.69) is 43.0 Å². The first-order valence-electron chi connectivity index (χ1n) is 10.00. The molecular formula is C24H25N3O2S. The fraction of sp³-hybridized carbons (Fsp3) is 0.292. The van der Waals surface area contributed by atoms with E-state index in [1.54, 1.807) is 0 Å². The standard InChI is InChI=1S/C24H25N3O2S/c1-15(2)29-19-12-8-17(9-13-19)21-25-23-27(26-21)22(28)20(30-23)14-16-6-10-18(11-7-16)24(3,4)5/h6-15H,1-5H3. The van der Waals surface area contributed by atoms with Crippen LogP contribution in [0.2, 0.25) is 0 Å². The first kappa shape index (κ1) is 20.3. The van der Waals surface area contributed by atoms with E-state index < -0.39 is 0 Å². The van der Waals surface area contributed by atoms with E-state index in [0.717, 1.165) is 16.9 Å². The quantitative estimate of drug-likeness (QED) is 0.490. The van der Waals surface area contributed by atoms with Crippen molar-refractivity contribution in [3.05, 3.63) is 74.5 Å². The lowest BCUT2D eigenvalue weighted by Gasteiger charge is -2.18. The molecule has 0 saturated carbocycles. The summed E-state index contributed by atoms with van der Waals surface area (Å²) in [5.74, 6) is 1.34. The number of hydrogen-bond donors (Lipinski definition) is 0. The number of benzene rings is 2. The van der Waals surface area contributed by atoms with Crippen LogP contribution in [0.3, 0.4) is 0 Å². The molecule has 4 rings (SSSR count). The topological polar surface area (TPSA) is 56.5 Å². The fourth-order valence-corrected chi connectivity index (χ4v) is 4.05. The number of fused-ring (bicyclic) bond motifs is 1. The predicted octanol–water partition coefficient (Wildman–Crippen LogP) is 4.45. The van der Waals surface area contributed by atoms with Crippen LogP contribution in [-0.4, -0.2) is 20.7 Å². The van der Waals surface area contributed by atoms with Crippen molar-refractivity contribution in [1.82, 2.24) is 14.6 Å². The minimum absolute atomic E-state index is 0.102. The highest BCUT2D eigenvalue weighted by molar-refractivity contribution is 7.15. The molecule has 30 heavy (non-hydrogen) atoms. The number of ether oxygens (including phenoxy) is 1. The van der Waals surface area contributed by atoms with Gasteiger partial charge in [-0.1, -0.05) is 56.4 Å². The lowest BCUT2D eigenvalue weighted by Crippen LogP contribution is -2.23. The molecule has 0 saturated heterocycles. The van der Waals surface area contributed by atoms with Crippen LogP contribution in [0.25, 0.3) is 22.4 Å². The fourth-order valence-electron chi connectivity index (χ4n) is 3.14. The molecule has 0 fully saturated rings. The molecule has 0 aliphatic carbocycles. The van der Waals surface area contributed by atoms with E-state index in [-0.39, 0.29) is 17.1 Å². The van der Waals surface area contributed by atoms with Crippen LogP contribution in [0.1, 0.15) is 45.7 Å². The predicted molar refractivity (Wildman–Crippen MR) is 122 cm³/mol. The monoisotopic (exact) mass is 419 g/mol. The van der Waals surface area contributed by atoms with Gasteiger partial charge < -0.3 is 4.74 Å². The maximum atomic E-state index is 12.8. The first-order chi connectivity index (χ1) is 14.2. The number of hydrogen-bond acceptors (Lipinski definition) is 5. The summed E-state index contributed by atoms with van der Waals surface area (Å²) in [6.45, 7) is 10.5. The van der Waals surface area contributed by atoms with Crippen molar-refractivity contribution in [3.8, 4) is 17.1 Å². The van der Waals surface area contributed by atoms with Crippen LogP contribution in [-0.2, 0) is 5.41 Å². The Labute approximate surface area is 179 Å². The SMILES string of the molecule is CC(C)Oc1ccc(-c2nc3sc(=Cc4ccc(C(C)(C)C)cc4)c(=O)n3n2)cc1. The molecule has 154 valence electrons. The third kappa shape index (κ3) is 4.14. The average Bonchev–Trinajstić information content (AvgIpc) is 3.21. The summed E-state index contributed by atoms with van der Waals surface area (Å²) in [6.07, 6.45) is 2.02. The van der Waals surface area contributed by atoms with Crippen molar-refractivity contribution >= 4 is 22.4 Å². The molecular weight excluding hydrogens is 394 g/mol. The maximum absolute atomic E-state index is 12.8. The van der Waals surface area contributed by atoms with Gasteiger partial charge in [0.05, 0.1) is 10.6 Å². The second-order valence-corrected chi connectivity index (χ2v) is 9.62. The first-order valence-corrected chi connectivity index (χ1v) is 10.8. The molecule has 0 amide bonds. The molecule has 6 heteroatoms. The molecule has 0 radical (unpaired) electrons. The molecule has 0 bridgehead atoms. The number of nitrogens with zero attached hydrogens (tertiary/aromatic N) is 3. The van der Waals surface area contributed by atoms with Crippen molar-refractivity contribution in [2.75, 3.05) is 0 Å². The molecule has 0 N–H and O–H groups in total. The van der Waals surface area contributed by atoms with Gasteiger partial charge in [0.25, 0.3) is 5.56 Å². The number of rotatable bonds is 4. The summed E-state index contributed by atoms with van der Waals surface area (Å²) >= 11 is 1.35. The molecule has 4 aromatic rings. The molecule has 2 heterocycles. The Kier molecular flexibility index (Phi) is 5.20. The van der Waals surface area contributed by atoms with Gasteiger partial charge in [0.1, 0.15) is 5.75 Å². The second-order valence-electron chi connectivity index (χ2n) is 8.61. The summed E-state index contributed by atoms with van der Waals surface area (Å²) in [5, 5.41) is 4.42. The Morgan fingerprint density at radius 3 is 2.27 bits per heavy atom. The Balaban J connectivity index is 1.64. The molecule has 0 spiro atoms. The Bertz CT molecular complexity index is 1280. The van der Waals surface area contributed by atoms with Crippen LogP contribution in [0.4, 0.5) is 0 Å². The lowest BCUT2D eigenvalue weighted by atomic mass is 9.87. The Morgan fingerprint density at radius 2 is 1.70 bits per heavy atom. The number of aromatic nitrogens is 3. The molecule has 0 unspecified atom stereocenters. The van der Waals surface area contributed by atoms with Gasteiger partial charge in [0, 0.05) is 5.56 Å². The number of thiazole rings is 1. The van der Waals surface area contributed by atoms with Gasteiger partial charge in [-0.15, -0.1) is 5.10 Å². The van der Waals surface area contributed by atoms with Crippen LogP contribution in [0, 0.1) is 0 Å². The highest BCUT2D eigenvalue weighted by Crippen LogP contribution is 2.23. The summed E-state index contributed by atoms with van der Waals surface area (Å²) in [5.41, 5.74) is 3.06. The van der Waals surface area contributed by atoms with Gasteiger partial charge >= 0.3 is 0 Å². The zero-order chi connectivity index (χ0) is 21.5. The van der Waals surface area contributed by atoms with Gasteiger partial charge in [-0.3, -0.25) is 4.79 Å². The van der Waals surface area contributed by atoms with Gasteiger partial charge in [0.15, 0.2) is 5.82 Å². The van der Waals surface area contributed by atoms with Crippen molar-refractivity contribution in [1.29, 1.82) is 0 Å². The van der Waals surface area contributed by atoms with Gasteiger partial charge in [0.2, 0.25) is 4.96 Å². The largest absolute Gasteiger partial charge is 0.491 e. The second kappa shape index (κ2) is 7.69. The van der Waals surface area contributed by atoms with Crippen molar-refractivity contribution in [3.63, 3.8) is 0 Å². The highest BCUT2D eigenvalue weighted by Gasteiger charge is 2.14. The third-order valence-electron chi connectivity index (χ3n) is 4.74. The van der Waals surface area contributed by atoms with Crippen LogP contribution >= 0.6 is 11.3 Å². The highest BCUT2D eigenvalue weighted by atomic mass is 32.1. The van der Waals surface area contributed by atoms with Crippen LogP contribution in [0.5, 0.6) is 5.75 Å². The van der Waals surface area contributed by atoms with Gasteiger partial charge in [-0.2, -0.15) is 9.50 Å². The minimum atomic E-state index is -0.145. The normalized spacial score (nSPS) is 12.8. The zero-order valence-electron chi connectivity index (χ0n) is 17.8. The zero-order valence-corrected chi connectivity index (χ0v) is 18.7. The molecule has 5 nitrogen and oxygen atoms in total. The van der Waals surface area contributed by atoms with Crippen molar-refractivity contribution < 1.29 is 4.74 Å². The summed E-state index contributed by atoms with van der Waals surface area (Å²) < 4.78 is 7.68. The van der Waals surface area contributed by atoms with E-state index in [0.29, 0.717) is 15.3 Å². The Morgan fingerprint density at radius 1 is 1.03 bits per heavy atom. The maximum Gasteiger partial charge on any atom is 0.291 e. The van der Waals surface area contributed by atoms with Gasteiger partial charge in [-0.05, 0) is 60.7 Å². The minimum Gasteiger partial charge on any atom is -0.491 e. The van der Waals surface area contributed by atoms with E-state index in [4.69, 9.17) is 4.74 Å². The van der Waals surface area contributed by atoms with E-state index in [9.17, 15) is 4.79 Å². The van der Waals surface area contributed by atoms with Gasteiger partial charge in [-0.25, -0.2) is 0 Å². The lowest BCUT2D eigenvalue weighted by molar-refractivity contribution is 0.242. The summed E-state index contributed by atoms with van der Waals surface area (Å²) in [4.78, 5) is 17.9. The Hall–Kier alpha value is -2.99. The van der Waals surface area contributed by atoms with Crippen LogP contribution < -0.4 is 14.8 Å². The van der Waals surface area contributed by atoms with Crippen LogP contribution in [0.15, 0.2) is 53.3 Å². The van der Waals surface area contributed by atoms with E-state index in [1.165, 1.54) is 21.4 Å². The van der Waals surface area contributed by atoms with Crippen molar-refractivity contribution in [2.24, 2.45) is 0 Å². The molecule has 0 aliphatic heterocycles. The smallest absolute Gasteiger partial charge is 0.291 e. The van der Waals surface area contributed by atoms with Crippen molar-refractivity contribution in [2.45, 2.75) is 46.1 Å².